The Hall–Kier alpha value is -2.39. The van der Waals surface area contributed by atoms with Gasteiger partial charge in [0.25, 0.3) is 0 Å². The fourth-order valence-corrected chi connectivity index (χ4v) is 3.76. The van der Waals surface area contributed by atoms with E-state index in [2.05, 4.69) is 29.6 Å². The summed E-state index contributed by atoms with van der Waals surface area (Å²) < 4.78 is 0. The van der Waals surface area contributed by atoms with Crippen molar-refractivity contribution in [2.45, 2.75) is 12.3 Å². The third kappa shape index (κ3) is 2.24. The van der Waals surface area contributed by atoms with Gasteiger partial charge in [0.15, 0.2) is 5.78 Å². The topological polar surface area (TPSA) is 29.1 Å². The fraction of sp³-hybridized carbons (Fsp3) is 0.105. The van der Waals surface area contributed by atoms with Crippen molar-refractivity contribution in [2.24, 2.45) is 0 Å². The second-order valence-electron chi connectivity index (χ2n) is 5.46. The molecular formula is C19H15NOS. The first kappa shape index (κ1) is 13.3. The van der Waals surface area contributed by atoms with E-state index < -0.39 is 0 Å². The summed E-state index contributed by atoms with van der Waals surface area (Å²) >= 11 is 1.52. The number of para-hydroxylation sites is 2. The third-order valence-corrected chi connectivity index (χ3v) is 5.04. The number of anilines is 2. The summed E-state index contributed by atoms with van der Waals surface area (Å²) in [5, 5.41) is 5.43. The van der Waals surface area contributed by atoms with Gasteiger partial charge in [0.05, 0.1) is 4.88 Å². The summed E-state index contributed by atoms with van der Waals surface area (Å²) in [6, 6.07) is 20.4. The first-order chi connectivity index (χ1) is 10.8. The second-order valence-corrected chi connectivity index (χ2v) is 6.40. The van der Waals surface area contributed by atoms with Crippen LogP contribution in [0.25, 0.3) is 0 Å². The molecule has 1 aliphatic rings. The minimum Gasteiger partial charge on any atom is -0.355 e. The minimum atomic E-state index is 0.114. The standard InChI is InChI=1S/C19H15NOS/c21-18(19-10-5-11-22-19)12-15-13-6-1-3-8-16(13)20-17-9-4-2-7-14(15)17/h1-11,15,20H,12H2. The van der Waals surface area contributed by atoms with E-state index in [0.29, 0.717) is 6.42 Å². The highest BCUT2D eigenvalue weighted by atomic mass is 32.1. The molecule has 0 fully saturated rings. The maximum atomic E-state index is 12.6. The van der Waals surface area contributed by atoms with Crippen molar-refractivity contribution in [2.75, 3.05) is 5.32 Å². The zero-order valence-corrected chi connectivity index (χ0v) is 12.8. The number of carbonyl (C=O) groups is 1. The van der Waals surface area contributed by atoms with Crippen LogP contribution in [-0.4, -0.2) is 5.78 Å². The Labute approximate surface area is 133 Å². The molecule has 0 unspecified atom stereocenters. The molecule has 1 aromatic heterocycles. The molecule has 1 N–H and O–H groups in total. The lowest BCUT2D eigenvalue weighted by Crippen LogP contribution is -2.15. The van der Waals surface area contributed by atoms with Gasteiger partial charge in [0, 0.05) is 23.7 Å². The van der Waals surface area contributed by atoms with Crippen molar-refractivity contribution >= 4 is 28.5 Å². The van der Waals surface area contributed by atoms with Crippen LogP contribution in [0.1, 0.15) is 33.1 Å². The number of ketones is 1. The second kappa shape index (κ2) is 5.43. The number of Topliss-reactive ketones (excluding diaryl/α,β-unsaturated/α-hetero) is 1. The molecule has 0 aliphatic carbocycles. The Morgan fingerprint density at radius 3 is 2.14 bits per heavy atom. The van der Waals surface area contributed by atoms with Gasteiger partial charge >= 0.3 is 0 Å². The van der Waals surface area contributed by atoms with Gasteiger partial charge in [0.2, 0.25) is 0 Å². The molecule has 0 bridgehead atoms. The van der Waals surface area contributed by atoms with Gasteiger partial charge in [0.1, 0.15) is 0 Å². The zero-order chi connectivity index (χ0) is 14.9. The molecule has 0 atom stereocenters. The summed E-state index contributed by atoms with van der Waals surface area (Å²) in [7, 11) is 0. The van der Waals surface area contributed by atoms with Gasteiger partial charge in [-0.25, -0.2) is 0 Å². The maximum Gasteiger partial charge on any atom is 0.173 e. The summed E-state index contributed by atoms with van der Waals surface area (Å²) in [5.74, 6) is 0.328. The summed E-state index contributed by atoms with van der Waals surface area (Å²) in [6.07, 6.45) is 0.510. The Morgan fingerprint density at radius 2 is 1.55 bits per heavy atom. The fourth-order valence-electron chi connectivity index (χ4n) is 3.09. The molecule has 4 rings (SSSR count). The molecule has 1 aliphatic heterocycles. The minimum absolute atomic E-state index is 0.114. The van der Waals surface area contributed by atoms with E-state index in [0.717, 1.165) is 16.3 Å². The van der Waals surface area contributed by atoms with Crippen LogP contribution >= 0.6 is 11.3 Å². The largest absolute Gasteiger partial charge is 0.355 e. The van der Waals surface area contributed by atoms with Crippen LogP contribution in [0, 0.1) is 0 Å². The molecule has 22 heavy (non-hydrogen) atoms. The van der Waals surface area contributed by atoms with E-state index in [-0.39, 0.29) is 11.7 Å². The van der Waals surface area contributed by atoms with Crippen LogP contribution in [-0.2, 0) is 0 Å². The molecule has 3 aromatic rings. The molecule has 0 radical (unpaired) electrons. The molecule has 0 spiro atoms. The number of benzene rings is 2. The number of rotatable bonds is 3. The number of nitrogens with one attached hydrogen (secondary N) is 1. The third-order valence-electron chi connectivity index (χ3n) is 4.13. The van der Waals surface area contributed by atoms with Crippen molar-refractivity contribution in [1.82, 2.24) is 0 Å². The Kier molecular flexibility index (Phi) is 3.28. The number of fused-ring (bicyclic) bond motifs is 2. The zero-order valence-electron chi connectivity index (χ0n) is 12.0. The highest BCUT2D eigenvalue weighted by Gasteiger charge is 2.27. The number of carbonyl (C=O) groups excluding carboxylic acids is 1. The van der Waals surface area contributed by atoms with Gasteiger partial charge in [-0.2, -0.15) is 0 Å². The van der Waals surface area contributed by atoms with Crippen LogP contribution in [0.5, 0.6) is 0 Å². The Balaban J connectivity index is 1.76. The van der Waals surface area contributed by atoms with Gasteiger partial charge in [-0.1, -0.05) is 42.5 Å². The van der Waals surface area contributed by atoms with Crippen LogP contribution in [0.3, 0.4) is 0 Å². The molecule has 0 saturated heterocycles. The quantitative estimate of drug-likeness (QED) is 0.673. The summed E-state index contributed by atoms with van der Waals surface area (Å²) in [4.78, 5) is 13.4. The van der Waals surface area contributed by atoms with Crippen LogP contribution in [0.15, 0.2) is 66.0 Å². The van der Waals surface area contributed by atoms with Gasteiger partial charge < -0.3 is 5.32 Å². The van der Waals surface area contributed by atoms with Gasteiger partial charge in [-0.15, -0.1) is 11.3 Å². The Morgan fingerprint density at radius 1 is 0.909 bits per heavy atom. The lowest BCUT2D eigenvalue weighted by molar-refractivity contribution is 0.0981. The monoisotopic (exact) mass is 305 g/mol. The van der Waals surface area contributed by atoms with Crippen molar-refractivity contribution in [3.8, 4) is 0 Å². The van der Waals surface area contributed by atoms with Gasteiger partial charge in [-0.3, -0.25) is 4.79 Å². The average Bonchev–Trinajstić information content (AvgIpc) is 3.09. The van der Waals surface area contributed by atoms with Crippen molar-refractivity contribution in [3.05, 3.63) is 82.0 Å². The highest BCUT2D eigenvalue weighted by Crippen LogP contribution is 2.43. The van der Waals surface area contributed by atoms with E-state index >= 15 is 0 Å². The molecule has 108 valence electrons. The predicted molar refractivity (Wildman–Crippen MR) is 91.3 cm³/mol. The molecule has 2 heterocycles. The first-order valence-corrected chi connectivity index (χ1v) is 8.22. The van der Waals surface area contributed by atoms with Crippen molar-refractivity contribution in [3.63, 3.8) is 0 Å². The smallest absolute Gasteiger partial charge is 0.173 e. The normalized spacial score (nSPS) is 13.1. The van der Waals surface area contributed by atoms with E-state index in [9.17, 15) is 4.79 Å². The van der Waals surface area contributed by atoms with E-state index in [1.54, 1.807) is 0 Å². The van der Waals surface area contributed by atoms with E-state index in [1.807, 2.05) is 41.8 Å². The molecule has 3 heteroatoms. The summed E-state index contributed by atoms with van der Waals surface area (Å²) in [6.45, 7) is 0. The number of hydrogen-bond acceptors (Lipinski definition) is 3. The van der Waals surface area contributed by atoms with Crippen LogP contribution in [0.4, 0.5) is 11.4 Å². The van der Waals surface area contributed by atoms with Crippen molar-refractivity contribution in [1.29, 1.82) is 0 Å². The van der Waals surface area contributed by atoms with E-state index in [4.69, 9.17) is 0 Å². The predicted octanol–water partition coefficient (Wildman–Crippen LogP) is 5.21. The molecule has 2 aromatic carbocycles. The van der Waals surface area contributed by atoms with Crippen LogP contribution < -0.4 is 5.32 Å². The van der Waals surface area contributed by atoms with E-state index in [1.165, 1.54) is 22.5 Å². The summed E-state index contributed by atoms with van der Waals surface area (Å²) in [5.41, 5.74) is 4.60. The molecule has 0 amide bonds. The SMILES string of the molecule is O=C(CC1c2ccccc2Nc2ccccc21)c1cccs1. The maximum absolute atomic E-state index is 12.6. The molecule has 2 nitrogen and oxygen atoms in total. The lowest BCUT2D eigenvalue weighted by Gasteiger charge is -2.29. The number of hydrogen-bond donors (Lipinski definition) is 1. The molecule has 0 saturated carbocycles. The lowest BCUT2D eigenvalue weighted by atomic mass is 9.82. The average molecular weight is 305 g/mol. The van der Waals surface area contributed by atoms with Gasteiger partial charge in [-0.05, 0) is 34.7 Å². The first-order valence-electron chi connectivity index (χ1n) is 7.34. The van der Waals surface area contributed by atoms with Crippen LogP contribution in [0.2, 0.25) is 0 Å². The van der Waals surface area contributed by atoms with Crippen molar-refractivity contribution < 1.29 is 4.79 Å². The number of thiophene rings is 1. The highest BCUT2D eigenvalue weighted by molar-refractivity contribution is 7.12. The Bertz CT molecular complexity index is 777. The molecular weight excluding hydrogens is 290 g/mol.